The molecule has 5 rings (SSSR count). The highest BCUT2D eigenvalue weighted by Crippen LogP contribution is 2.30. The van der Waals surface area contributed by atoms with Crippen LogP contribution in [0.25, 0.3) is 39.0 Å². The minimum absolute atomic E-state index is 0.248. The number of nitrogens with zero attached hydrogens (tertiary/aromatic N) is 2. The summed E-state index contributed by atoms with van der Waals surface area (Å²) in [6.07, 6.45) is 0. The van der Waals surface area contributed by atoms with Crippen LogP contribution in [0.15, 0.2) is 77.6 Å². The first-order chi connectivity index (χ1) is 15.6. The molecule has 0 saturated heterocycles. The topological polar surface area (TPSA) is 86.2 Å². The average molecular weight is 425 g/mol. The summed E-state index contributed by atoms with van der Waals surface area (Å²) in [5.41, 5.74) is 3.45. The number of esters is 1. The maximum atomic E-state index is 13.0. The van der Waals surface area contributed by atoms with Crippen LogP contribution in [0, 0.1) is 0 Å². The van der Waals surface area contributed by atoms with Crippen LogP contribution in [-0.4, -0.2) is 34.7 Å². The number of methoxy groups -OCH3 is 2. The number of nitrogens with one attached hydrogen (secondary N) is 1. The predicted octanol–water partition coefficient (Wildman–Crippen LogP) is 4.33. The van der Waals surface area contributed by atoms with E-state index in [0.29, 0.717) is 22.5 Å². The number of para-hydroxylation sites is 1. The summed E-state index contributed by atoms with van der Waals surface area (Å²) in [5.74, 6) is 0.742. The maximum absolute atomic E-state index is 13.0. The summed E-state index contributed by atoms with van der Waals surface area (Å²) in [4.78, 5) is 32.7. The number of rotatable bonds is 4. The van der Waals surface area contributed by atoms with E-state index in [1.54, 1.807) is 25.3 Å². The molecular formula is C25H19N3O4. The van der Waals surface area contributed by atoms with E-state index in [0.717, 1.165) is 27.9 Å². The number of imidazole rings is 1. The van der Waals surface area contributed by atoms with Crippen molar-refractivity contribution >= 4 is 27.9 Å². The van der Waals surface area contributed by atoms with Gasteiger partial charge in [0.2, 0.25) is 0 Å². The van der Waals surface area contributed by atoms with Gasteiger partial charge in [0, 0.05) is 11.2 Å². The molecule has 3 aromatic carbocycles. The molecule has 5 aromatic rings. The number of carbonyl (C=O) groups is 1. The molecule has 0 atom stereocenters. The lowest BCUT2D eigenvalue weighted by atomic mass is 10.1. The number of ether oxygens (including phenoxy) is 2. The van der Waals surface area contributed by atoms with Gasteiger partial charge in [0.15, 0.2) is 5.82 Å². The van der Waals surface area contributed by atoms with E-state index >= 15 is 0 Å². The molecule has 0 aliphatic rings. The van der Waals surface area contributed by atoms with Crippen molar-refractivity contribution in [1.29, 1.82) is 0 Å². The third kappa shape index (κ3) is 3.20. The number of aromatic amines is 1. The standard InChI is InChI=1S/C25H19N3O4/c1-31-18-10-8-17(9-11-18)28-22-12-7-16(25(30)32-2)14-21(22)26-23(28)19-13-15-5-3-4-6-20(15)27-24(19)29/h3-14H,1-2H3,(H,27,29). The summed E-state index contributed by atoms with van der Waals surface area (Å²) < 4.78 is 12.0. The summed E-state index contributed by atoms with van der Waals surface area (Å²) >= 11 is 0. The number of benzene rings is 3. The molecule has 7 heteroatoms. The second kappa shape index (κ2) is 7.70. The van der Waals surface area contributed by atoms with E-state index in [1.807, 2.05) is 59.2 Å². The van der Waals surface area contributed by atoms with Gasteiger partial charge in [-0.05, 0) is 60.0 Å². The number of aromatic nitrogens is 3. The van der Waals surface area contributed by atoms with Gasteiger partial charge in [-0.15, -0.1) is 0 Å². The van der Waals surface area contributed by atoms with Gasteiger partial charge in [0.1, 0.15) is 5.75 Å². The Hall–Kier alpha value is -4.39. The number of pyridine rings is 1. The number of carbonyl (C=O) groups excluding carboxylic acids is 1. The fourth-order valence-electron chi connectivity index (χ4n) is 3.81. The Balaban J connectivity index is 1.81. The van der Waals surface area contributed by atoms with E-state index in [9.17, 15) is 9.59 Å². The molecule has 7 nitrogen and oxygen atoms in total. The molecule has 0 aliphatic carbocycles. The molecule has 0 aliphatic heterocycles. The molecule has 0 saturated carbocycles. The first kappa shape index (κ1) is 19.6. The lowest BCUT2D eigenvalue weighted by molar-refractivity contribution is 0.0601. The molecule has 0 fully saturated rings. The zero-order valence-electron chi connectivity index (χ0n) is 17.5. The Morgan fingerprint density at radius 3 is 2.50 bits per heavy atom. The van der Waals surface area contributed by atoms with Crippen molar-refractivity contribution in [1.82, 2.24) is 14.5 Å². The monoisotopic (exact) mass is 425 g/mol. The highest BCUT2D eigenvalue weighted by Gasteiger charge is 2.19. The van der Waals surface area contributed by atoms with E-state index in [2.05, 4.69) is 4.98 Å². The Kier molecular flexibility index (Phi) is 4.71. The van der Waals surface area contributed by atoms with Crippen LogP contribution in [0.3, 0.4) is 0 Å². The van der Waals surface area contributed by atoms with Crippen LogP contribution in [0.2, 0.25) is 0 Å². The van der Waals surface area contributed by atoms with Gasteiger partial charge >= 0.3 is 5.97 Å². The highest BCUT2D eigenvalue weighted by atomic mass is 16.5. The van der Waals surface area contributed by atoms with E-state index in [1.165, 1.54) is 7.11 Å². The van der Waals surface area contributed by atoms with E-state index in [-0.39, 0.29) is 5.56 Å². The normalized spacial score (nSPS) is 11.1. The number of hydrogen-bond acceptors (Lipinski definition) is 5. The minimum Gasteiger partial charge on any atom is -0.497 e. The number of fused-ring (bicyclic) bond motifs is 2. The molecule has 158 valence electrons. The number of H-pyrrole nitrogens is 1. The average Bonchev–Trinajstić information content (AvgIpc) is 3.21. The van der Waals surface area contributed by atoms with Crippen LogP contribution in [0.4, 0.5) is 0 Å². The summed E-state index contributed by atoms with van der Waals surface area (Å²) in [7, 11) is 2.94. The Morgan fingerprint density at radius 1 is 0.969 bits per heavy atom. The Labute approximate surface area is 182 Å². The predicted molar refractivity (Wildman–Crippen MR) is 123 cm³/mol. The van der Waals surface area contributed by atoms with Gasteiger partial charge < -0.3 is 14.5 Å². The van der Waals surface area contributed by atoms with Crippen molar-refractivity contribution in [2.75, 3.05) is 14.2 Å². The van der Waals surface area contributed by atoms with E-state index < -0.39 is 5.97 Å². The van der Waals surface area contributed by atoms with Gasteiger partial charge in [0.05, 0.1) is 36.4 Å². The van der Waals surface area contributed by atoms with Gasteiger partial charge in [-0.25, -0.2) is 9.78 Å². The smallest absolute Gasteiger partial charge is 0.337 e. The van der Waals surface area contributed by atoms with Gasteiger partial charge in [-0.2, -0.15) is 0 Å². The third-order valence-corrected chi connectivity index (χ3v) is 5.40. The molecule has 2 heterocycles. The van der Waals surface area contributed by atoms with Crippen molar-refractivity contribution in [3.8, 4) is 22.8 Å². The van der Waals surface area contributed by atoms with E-state index in [4.69, 9.17) is 14.5 Å². The van der Waals surface area contributed by atoms with Crippen LogP contribution >= 0.6 is 0 Å². The lowest BCUT2D eigenvalue weighted by Gasteiger charge is -2.11. The second-order valence-electron chi connectivity index (χ2n) is 7.26. The molecule has 32 heavy (non-hydrogen) atoms. The number of hydrogen-bond donors (Lipinski definition) is 1. The Bertz CT molecular complexity index is 1530. The quantitative estimate of drug-likeness (QED) is 0.433. The molecule has 1 N–H and O–H groups in total. The molecular weight excluding hydrogens is 406 g/mol. The maximum Gasteiger partial charge on any atom is 0.337 e. The molecule has 0 radical (unpaired) electrons. The van der Waals surface area contributed by atoms with Gasteiger partial charge in [0.25, 0.3) is 5.56 Å². The van der Waals surface area contributed by atoms with Crippen molar-refractivity contribution in [3.05, 3.63) is 88.7 Å². The fourth-order valence-corrected chi connectivity index (χ4v) is 3.81. The van der Waals surface area contributed by atoms with Crippen molar-refractivity contribution in [2.24, 2.45) is 0 Å². The third-order valence-electron chi connectivity index (χ3n) is 5.40. The molecule has 0 bridgehead atoms. The van der Waals surface area contributed by atoms with Crippen LogP contribution in [0.5, 0.6) is 5.75 Å². The van der Waals surface area contributed by atoms with Crippen molar-refractivity contribution in [2.45, 2.75) is 0 Å². The SMILES string of the molecule is COC(=O)c1ccc2c(c1)nc(-c1cc3ccccc3[nH]c1=O)n2-c1ccc(OC)cc1. The van der Waals surface area contributed by atoms with Crippen molar-refractivity contribution < 1.29 is 14.3 Å². The zero-order chi connectivity index (χ0) is 22.2. The highest BCUT2D eigenvalue weighted by molar-refractivity contribution is 5.95. The second-order valence-corrected chi connectivity index (χ2v) is 7.26. The minimum atomic E-state index is -0.448. The van der Waals surface area contributed by atoms with Crippen LogP contribution < -0.4 is 10.3 Å². The summed E-state index contributed by atoms with van der Waals surface area (Å²) in [5, 5.41) is 0.894. The summed E-state index contributed by atoms with van der Waals surface area (Å²) in [6.45, 7) is 0. The molecule has 0 unspecified atom stereocenters. The van der Waals surface area contributed by atoms with Crippen LogP contribution in [-0.2, 0) is 4.74 Å². The Morgan fingerprint density at radius 2 is 1.75 bits per heavy atom. The first-order valence-electron chi connectivity index (χ1n) is 9.97. The molecule has 0 amide bonds. The first-order valence-corrected chi connectivity index (χ1v) is 9.97. The molecule has 0 spiro atoms. The van der Waals surface area contributed by atoms with Gasteiger partial charge in [-0.1, -0.05) is 18.2 Å². The molecule has 2 aromatic heterocycles. The lowest BCUT2D eigenvalue weighted by Crippen LogP contribution is -2.11. The van der Waals surface area contributed by atoms with Crippen molar-refractivity contribution in [3.63, 3.8) is 0 Å². The largest absolute Gasteiger partial charge is 0.497 e. The van der Waals surface area contributed by atoms with Crippen LogP contribution in [0.1, 0.15) is 10.4 Å². The fraction of sp³-hybridized carbons (Fsp3) is 0.0800. The van der Waals surface area contributed by atoms with Gasteiger partial charge in [-0.3, -0.25) is 9.36 Å². The summed E-state index contributed by atoms with van der Waals surface area (Å²) in [6, 6.07) is 22.0. The zero-order valence-corrected chi connectivity index (χ0v) is 17.5.